The summed E-state index contributed by atoms with van der Waals surface area (Å²) >= 11 is 0. The highest BCUT2D eigenvalue weighted by Crippen LogP contribution is 2.22. The van der Waals surface area contributed by atoms with Crippen molar-refractivity contribution in [2.45, 2.75) is 19.4 Å². The molecule has 5 heteroatoms. The first kappa shape index (κ1) is 11.6. The van der Waals surface area contributed by atoms with E-state index >= 15 is 0 Å². The quantitative estimate of drug-likeness (QED) is 0.841. The smallest absolute Gasteiger partial charge is 0.144 e. The second kappa shape index (κ2) is 4.55. The highest BCUT2D eigenvalue weighted by molar-refractivity contribution is 5.31. The molecule has 1 atom stereocenters. The van der Waals surface area contributed by atoms with Gasteiger partial charge in [0.05, 0.1) is 12.7 Å². The van der Waals surface area contributed by atoms with Crippen LogP contribution in [0.5, 0.6) is 0 Å². The number of nitrogens with zero attached hydrogens (tertiary/aromatic N) is 2. The molecule has 5 nitrogen and oxygen atoms in total. The van der Waals surface area contributed by atoms with E-state index in [1.807, 2.05) is 13.0 Å². The van der Waals surface area contributed by atoms with Crippen LogP contribution in [-0.2, 0) is 5.60 Å². The molecule has 0 radical (unpaired) electrons. The number of anilines is 1. The van der Waals surface area contributed by atoms with Gasteiger partial charge in [-0.25, -0.2) is 4.98 Å². The molecule has 0 fully saturated rings. The van der Waals surface area contributed by atoms with Gasteiger partial charge in [0, 0.05) is 12.4 Å². The zero-order valence-electron chi connectivity index (χ0n) is 9.84. The van der Waals surface area contributed by atoms with Crippen molar-refractivity contribution in [3.63, 3.8) is 0 Å². The molecule has 90 valence electrons. The fourth-order valence-electron chi connectivity index (χ4n) is 1.46. The standard InChI is InChI=1S/C12H15N3O2/c1-9-3-4-10(17-9)12(2,16)8-15-11-7-13-5-6-14-11/h3-7,16H,8H2,1-2H3,(H,14,15). The van der Waals surface area contributed by atoms with E-state index in [-0.39, 0.29) is 0 Å². The van der Waals surface area contributed by atoms with E-state index in [2.05, 4.69) is 15.3 Å². The van der Waals surface area contributed by atoms with Gasteiger partial charge in [-0.1, -0.05) is 0 Å². The lowest BCUT2D eigenvalue weighted by atomic mass is 10.0. The largest absolute Gasteiger partial charge is 0.463 e. The Morgan fingerprint density at radius 2 is 2.24 bits per heavy atom. The van der Waals surface area contributed by atoms with E-state index in [1.54, 1.807) is 31.6 Å². The van der Waals surface area contributed by atoms with E-state index in [1.165, 1.54) is 0 Å². The van der Waals surface area contributed by atoms with Gasteiger partial charge < -0.3 is 14.8 Å². The van der Waals surface area contributed by atoms with Crippen molar-refractivity contribution in [2.24, 2.45) is 0 Å². The Labute approximate surface area is 99.5 Å². The third-order valence-electron chi connectivity index (χ3n) is 2.45. The van der Waals surface area contributed by atoms with Crippen LogP contribution in [0.15, 0.2) is 35.1 Å². The molecule has 0 amide bonds. The van der Waals surface area contributed by atoms with Crippen LogP contribution in [0.4, 0.5) is 5.82 Å². The first-order valence-electron chi connectivity index (χ1n) is 5.37. The number of hydrogen-bond donors (Lipinski definition) is 2. The zero-order valence-corrected chi connectivity index (χ0v) is 9.84. The predicted octanol–water partition coefficient (Wildman–Crippen LogP) is 1.70. The van der Waals surface area contributed by atoms with Crippen LogP contribution >= 0.6 is 0 Å². The lowest BCUT2D eigenvalue weighted by Crippen LogP contribution is -2.30. The lowest BCUT2D eigenvalue weighted by molar-refractivity contribution is 0.0467. The Kier molecular flexibility index (Phi) is 3.10. The molecule has 0 saturated carbocycles. The van der Waals surface area contributed by atoms with Crippen LogP contribution < -0.4 is 5.32 Å². The minimum Gasteiger partial charge on any atom is -0.463 e. The van der Waals surface area contributed by atoms with Crippen LogP contribution in [0, 0.1) is 6.92 Å². The van der Waals surface area contributed by atoms with Crippen molar-refractivity contribution in [2.75, 3.05) is 11.9 Å². The van der Waals surface area contributed by atoms with Gasteiger partial charge >= 0.3 is 0 Å². The van der Waals surface area contributed by atoms with Crippen molar-refractivity contribution in [3.05, 3.63) is 42.2 Å². The Morgan fingerprint density at radius 3 is 2.82 bits per heavy atom. The molecule has 0 spiro atoms. The summed E-state index contributed by atoms with van der Waals surface area (Å²) in [6.07, 6.45) is 4.79. The number of nitrogens with one attached hydrogen (secondary N) is 1. The van der Waals surface area contributed by atoms with Crippen molar-refractivity contribution in [3.8, 4) is 0 Å². The van der Waals surface area contributed by atoms with E-state index in [4.69, 9.17) is 4.42 Å². The summed E-state index contributed by atoms with van der Waals surface area (Å²) in [4.78, 5) is 8.00. The molecule has 2 aromatic heterocycles. The summed E-state index contributed by atoms with van der Waals surface area (Å²) in [5, 5.41) is 13.3. The molecular formula is C12H15N3O2. The minimum absolute atomic E-state index is 0.304. The molecule has 2 N–H and O–H groups in total. The summed E-state index contributed by atoms with van der Waals surface area (Å²) in [6, 6.07) is 3.60. The lowest BCUT2D eigenvalue weighted by Gasteiger charge is -2.21. The molecule has 0 aliphatic heterocycles. The Hall–Kier alpha value is -1.88. The maximum absolute atomic E-state index is 10.3. The summed E-state index contributed by atoms with van der Waals surface area (Å²) in [5.74, 6) is 1.93. The van der Waals surface area contributed by atoms with Gasteiger partial charge in [0.25, 0.3) is 0 Å². The van der Waals surface area contributed by atoms with Gasteiger partial charge in [-0.05, 0) is 26.0 Å². The van der Waals surface area contributed by atoms with Crippen molar-refractivity contribution in [1.29, 1.82) is 0 Å². The highest BCUT2D eigenvalue weighted by atomic mass is 16.4. The average Bonchev–Trinajstić information content (AvgIpc) is 2.76. The number of furan rings is 1. The summed E-state index contributed by atoms with van der Waals surface area (Å²) in [7, 11) is 0. The second-order valence-electron chi connectivity index (χ2n) is 4.13. The van der Waals surface area contributed by atoms with E-state index in [0.29, 0.717) is 18.1 Å². The van der Waals surface area contributed by atoms with E-state index in [0.717, 1.165) is 5.76 Å². The number of aryl methyl sites for hydroxylation is 1. The second-order valence-corrected chi connectivity index (χ2v) is 4.13. The molecule has 17 heavy (non-hydrogen) atoms. The van der Waals surface area contributed by atoms with Gasteiger partial charge in [-0.3, -0.25) is 4.98 Å². The Morgan fingerprint density at radius 1 is 1.41 bits per heavy atom. The van der Waals surface area contributed by atoms with Gasteiger partial charge in [0.1, 0.15) is 22.9 Å². The summed E-state index contributed by atoms with van der Waals surface area (Å²) in [6.45, 7) is 3.84. The van der Waals surface area contributed by atoms with Gasteiger partial charge in [0.15, 0.2) is 0 Å². The third-order valence-corrected chi connectivity index (χ3v) is 2.45. The summed E-state index contributed by atoms with van der Waals surface area (Å²) < 4.78 is 5.41. The Balaban J connectivity index is 2.03. The Bertz CT molecular complexity index is 480. The monoisotopic (exact) mass is 233 g/mol. The SMILES string of the molecule is Cc1ccc(C(C)(O)CNc2cnccn2)o1. The average molecular weight is 233 g/mol. The topological polar surface area (TPSA) is 71.2 Å². The number of rotatable bonds is 4. The van der Waals surface area contributed by atoms with Crippen molar-refractivity contribution in [1.82, 2.24) is 9.97 Å². The highest BCUT2D eigenvalue weighted by Gasteiger charge is 2.26. The fourth-order valence-corrected chi connectivity index (χ4v) is 1.46. The molecule has 0 bridgehead atoms. The number of aromatic nitrogens is 2. The van der Waals surface area contributed by atoms with Crippen molar-refractivity contribution < 1.29 is 9.52 Å². The molecule has 0 aromatic carbocycles. The van der Waals surface area contributed by atoms with Gasteiger partial charge in [0.2, 0.25) is 0 Å². The van der Waals surface area contributed by atoms with Gasteiger partial charge in [-0.15, -0.1) is 0 Å². The molecule has 0 aliphatic rings. The van der Waals surface area contributed by atoms with Crippen LogP contribution in [-0.4, -0.2) is 21.6 Å². The van der Waals surface area contributed by atoms with E-state index < -0.39 is 5.60 Å². The molecular weight excluding hydrogens is 218 g/mol. The van der Waals surface area contributed by atoms with E-state index in [9.17, 15) is 5.11 Å². The van der Waals surface area contributed by atoms with Crippen LogP contribution in [0.2, 0.25) is 0 Å². The molecule has 1 unspecified atom stereocenters. The number of hydrogen-bond acceptors (Lipinski definition) is 5. The van der Waals surface area contributed by atoms with Crippen LogP contribution in [0.1, 0.15) is 18.4 Å². The maximum Gasteiger partial charge on any atom is 0.144 e. The third kappa shape index (κ3) is 2.82. The maximum atomic E-state index is 10.3. The minimum atomic E-state index is -1.08. The molecule has 2 aromatic rings. The first-order valence-corrected chi connectivity index (χ1v) is 5.37. The molecule has 2 rings (SSSR count). The predicted molar refractivity (Wildman–Crippen MR) is 63.5 cm³/mol. The molecule has 0 aliphatic carbocycles. The summed E-state index contributed by atoms with van der Waals surface area (Å²) in [5.41, 5.74) is -1.08. The molecule has 0 saturated heterocycles. The normalized spacial score (nSPS) is 14.3. The van der Waals surface area contributed by atoms with Gasteiger partial charge in [-0.2, -0.15) is 0 Å². The zero-order chi connectivity index (χ0) is 12.3. The number of aliphatic hydroxyl groups is 1. The molecule has 2 heterocycles. The first-order chi connectivity index (χ1) is 8.08. The van der Waals surface area contributed by atoms with Crippen LogP contribution in [0.3, 0.4) is 0 Å². The van der Waals surface area contributed by atoms with Crippen molar-refractivity contribution >= 4 is 5.82 Å². The van der Waals surface area contributed by atoms with Crippen LogP contribution in [0.25, 0.3) is 0 Å². The fraction of sp³-hybridized carbons (Fsp3) is 0.333.